The molecule has 0 fully saturated rings. The molecule has 1 unspecified atom stereocenters. The molecule has 18 heavy (non-hydrogen) atoms. The number of hydrogen-bond acceptors (Lipinski definition) is 6. The van der Waals surface area contributed by atoms with E-state index in [0.29, 0.717) is 18.4 Å². The van der Waals surface area contributed by atoms with Crippen LogP contribution in [-0.4, -0.2) is 21.6 Å². The fraction of sp³-hybridized carbons (Fsp3) is 0.417. The van der Waals surface area contributed by atoms with E-state index >= 15 is 0 Å². The Balaban J connectivity index is 2.06. The highest BCUT2D eigenvalue weighted by Crippen LogP contribution is 2.22. The van der Waals surface area contributed by atoms with E-state index in [9.17, 15) is 0 Å². The predicted octanol–water partition coefficient (Wildman–Crippen LogP) is 2.81. The molecule has 0 aromatic carbocycles. The lowest BCUT2D eigenvalue weighted by Crippen LogP contribution is -2.09. The number of hydrogen-bond donors (Lipinski definition) is 1. The van der Waals surface area contributed by atoms with Gasteiger partial charge in [0.05, 0.1) is 12.6 Å². The third-order valence-corrected chi connectivity index (χ3v) is 3.37. The lowest BCUT2D eigenvalue weighted by atomic mass is 10.3. The van der Waals surface area contributed by atoms with Crippen molar-refractivity contribution in [2.75, 3.05) is 11.9 Å². The molecule has 1 N–H and O–H groups in total. The maximum Gasteiger partial charge on any atom is 0.226 e. The van der Waals surface area contributed by atoms with Gasteiger partial charge in [-0.05, 0) is 20.8 Å². The zero-order valence-corrected chi connectivity index (χ0v) is 11.5. The lowest BCUT2D eigenvalue weighted by Gasteiger charge is -2.11. The van der Waals surface area contributed by atoms with E-state index < -0.39 is 0 Å². The maximum absolute atomic E-state index is 5.33. The Bertz CT molecular complexity index is 514. The molecule has 2 aromatic rings. The van der Waals surface area contributed by atoms with Crippen LogP contribution < -0.4 is 10.1 Å². The van der Waals surface area contributed by atoms with Crippen molar-refractivity contribution in [3.63, 3.8) is 0 Å². The van der Waals surface area contributed by atoms with Gasteiger partial charge in [-0.2, -0.15) is 4.98 Å². The van der Waals surface area contributed by atoms with Gasteiger partial charge in [0.1, 0.15) is 5.01 Å². The number of aryl methyl sites for hydroxylation is 1. The van der Waals surface area contributed by atoms with Crippen LogP contribution in [0.15, 0.2) is 18.5 Å². The van der Waals surface area contributed by atoms with Crippen LogP contribution in [-0.2, 0) is 0 Å². The molecule has 0 amide bonds. The van der Waals surface area contributed by atoms with Gasteiger partial charge in [0.15, 0.2) is 0 Å². The molecule has 1 atom stereocenters. The molecule has 0 radical (unpaired) electrons. The number of rotatable bonds is 5. The third kappa shape index (κ3) is 3.16. The van der Waals surface area contributed by atoms with Crippen molar-refractivity contribution in [1.29, 1.82) is 0 Å². The Labute approximate surface area is 110 Å². The lowest BCUT2D eigenvalue weighted by molar-refractivity contribution is 0.326. The van der Waals surface area contributed by atoms with Gasteiger partial charge < -0.3 is 10.1 Å². The van der Waals surface area contributed by atoms with Crippen molar-refractivity contribution < 1.29 is 4.74 Å². The summed E-state index contributed by atoms with van der Waals surface area (Å²) < 4.78 is 5.33. The molecule has 0 bridgehead atoms. The van der Waals surface area contributed by atoms with Crippen LogP contribution in [0.4, 0.5) is 5.95 Å². The predicted molar refractivity (Wildman–Crippen MR) is 72.1 cm³/mol. The number of nitrogens with one attached hydrogen (secondary N) is 1. The van der Waals surface area contributed by atoms with Gasteiger partial charge in [-0.25, -0.2) is 9.97 Å². The topological polar surface area (TPSA) is 59.9 Å². The molecule has 2 heterocycles. The summed E-state index contributed by atoms with van der Waals surface area (Å²) in [5.41, 5.74) is 0. The van der Waals surface area contributed by atoms with Crippen molar-refractivity contribution in [2.24, 2.45) is 0 Å². The molecule has 5 nitrogen and oxygen atoms in total. The van der Waals surface area contributed by atoms with E-state index in [1.165, 1.54) is 4.88 Å². The molecule has 0 aliphatic rings. The van der Waals surface area contributed by atoms with Crippen molar-refractivity contribution in [1.82, 2.24) is 15.0 Å². The molecule has 0 aliphatic heterocycles. The minimum Gasteiger partial charge on any atom is -0.478 e. The van der Waals surface area contributed by atoms with Gasteiger partial charge in [0, 0.05) is 23.3 Å². The number of nitrogens with zero attached hydrogens (tertiary/aromatic N) is 3. The second-order valence-electron chi connectivity index (χ2n) is 3.83. The standard InChI is InChI=1S/C12H16N4OS/c1-4-17-10-5-6-13-12(16-10)15-9(3)11-14-7-8(2)18-11/h5-7,9H,4H2,1-3H3,(H,13,15,16). The Morgan fingerprint density at radius 1 is 1.44 bits per heavy atom. The summed E-state index contributed by atoms with van der Waals surface area (Å²) in [6, 6.07) is 1.83. The van der Waals surface area contributed by atoms with E-state index in [2.05, 4.69) is 20.3 Å². The average Bonchev–Trinajstić information content (AvgIpc) is 2.77. The van der Waals surface area contributed by atoms with Crippen LogP contribution >= 0.6 is 11.3 Å². The van der Waals surface area contributed by atoms with Crippen LogP contribution in [0, 0.1) is 6.92 Å². The second kappa shape index (κ2) is 5.77. The monoisotopic (exact) mass is 264 g/mol. The highest BCUT2D eigenvalue weighted by molar-refractivity contribution is 7.11. The van der Waals surface area contributed by atoms with E-state index in [1.807, 2.05) is 27.0 Å². The molecule has 96 valence electrons. The first kappa shape index (κ1) is 12.8. The van der Waals surface area contributed by atoms with Crippen molar-refractivity contribution in [2.45, 2.75) is 26.8 Å². The molecule has 0 spiro atoms. The summed E-state index contributed by atoms with van der Waals surface area (Å²) in [6.45, 7) is 6.60. The molecule has 2 rings (SSSR count). The second-order valence-corrected chi connectivity index (χ2v) is 5.09. The summed E-state index contributed by atoms with van der Waals surface area (Å²) >= 11 is 1.67. The van der Waals surface area contributed by atoms with Gasteiger partial charge in [-0.3, -0.25) is 0 Å². The maximum atomic E-state index is 5.33. The molecule has 2 aromatic heterocycles. The minimum atomic E-state index is 0.0839. The number of aromatic nitrogens is 3. The van der Waals surface area contributed by atoms with E-state index in [-0.39, 0.29) is 6.04 Å². The summed E-state index contributed by atoms with van der Waals surface area (Å²) in [6.07, 6.45) is 3.55. The van der Waals surface area contributed by atoms with Crippen LogP contribution in [0.2, 0.25) is 0 Å². The largest absolute Gasteiger partial charge is 0.478 e. The van der Waals surface area contributed by atoms with Gasteiger partial charge in [0.25, 0.3) is 0 Å². The average molecular weight is 264 g/mol. The first-order chi connectivity index (χ1) is 8.69. The number of ether oxygens (including phenoxy) is 1. The minimum absolute atomic E-state index is 0.0839. The fourth-order valence-corrected chi connectivity index (χ4v) is 2.24. The Morgan fingerprint density at radius 3 is 2.94 bits per heavy atom. The SMILES string of the molecule is CCOc1ccnc(NC(C)c2ncc(C)s2)n1. The number of thiazole rings is 1. The van der Waals surface area contributed by atoms with Crippen molar-refractivity contribution >= 4 is 17.3 Å². The molecule has 0 saturated carbocycles. The Kier molecular flexibility index (Phi) is 4.09. The smallest absolute Gasteiger partial charge is 0.226 e. The van der Waals surface area contributed by atoms with Crippen LogP contribution in [0.5, 0.6) is 5.88 Å². The van der Waals surface area contributed by atoms with Crippen LogP contribution in [0.1, 0.15) is 29.8 Å². The van der Waals surface area contributed by atoms with Crippen molar-refractivity contribution in [3.8, 4) is 5.88 Å². The summed E-state index contributed by atoms with van der Waals surface area (Å²) in [5.74, 6) is 1.14. The van der Waals surface area contributed by atoms with Gasteiger partial charge in [0.2, 0.25) is 11.8 Å². The van der Waals surface area contributed by atoms with E-state index in [1.54, 1.807) is 23.6 Å². The van der Waals surface area contributed by atoms with E-state index in [0.717, 1.165) is 5.01 Å². The van der Waals surface area contributed by atoms with E-state index in [4.69, 9.17) is 4.74 Å². The summed E-state index contributed by atoms with van der Waals surface area (Å²) in [7, 11) is 0. The van der Waals surface area contributed by atoms with Crippen molar-refractivity contribution in [3.05, 3.63) is 28.3 Å². The number of anilines is 1. The zero-order chi connectivity index (χ0) is 13.0. The first-order valence-electron chi connectivity index (χ1n) is 5.83. The quantitative estimate of drug-likeness (QED) is 0.899. The highest BCUT2D eigenvalue weighted by Gasteiger charge is 2.10. The highest BCUT2D eigenvalue weighted by atomic mass is 32.1. The molecule has 6 heteroatoms. The summed E-state index contributed by atoms with van der Waals surface area (Å²) in [4.78, 5) is 14.0. The van der Waals surface area contributed by atoms with Crippen LogP contribution in [0.25, 0.3) is 0 Å². The molecule has 0 saturated heterocycles. The van der Waals surface area contributed by atoms with Gasteiger partial charge >= 0.3 is 0 Å². The van der Waals surface area contributed by atoms with Gasteiger partial charge in [-0.1, -0.05) is 0 Å². The third-order valence-electron chi connectivity index (χ3n) is 2.28. The summed E-state index contributed by atoms with van der Waals surface area (Å²) in [5, 5.41) is 4.24. The molecular weight excluding hydrogens is 248 g/mol. The Morgan fingerprint density at radius 2 is 2.28 bits per heavy atom. The molecule has 0 aliphatic carbocycles. The fourth-order valence-electron chi connectivity index (χ4n) is 1.47. The first-order valence-corrected chi connectivity index (χ1v) is 6.65. The molecular formula is C12H16N4OS. The van der Waals surface area contributed by atoms with Crippen LogP contribution in [0.3, 0.4) is 0 Å². The Hall–Kier alpha value is -1.69. The zero-order valence-electron chi connectivity index (χ0n) is 10.7. The normalized spacial score (nSPS) is 12.2. The van der Waals surface area contributed by atoms with Gasteiger partial charge in [-0.15, -0.1) is 11.3 Å².